The Bertz CT molecular complexity index is 1000. The fourth-order valence-electron chi connectivity index (χ4n) is 4.82. The van der Waals surface area contributed by atoms with E-state index in [1.807, 2.05) is 23.1 Å². The van der Waals surface area contributed by atoms with Crippen molar-refractivity contribution in [1.29, 1.82) is 0 Å². The number of anilines is 2. The Labute approximate surface area is 227 Å². The Morgan fingerprint density at radius 1 is 0.865 bits per heavy atom. The highest BCUT2D eigenvalue weighted by atomic mass is 35.5. The number of carbonyl (C=O) groups excluding carboxylic acids is 1. The molecular formula is C27H36ClF3N4OS. The summed E-state index contributed by atoms with van der Waals surface area (Å²) >= 11 is 6.23. The number of carbonyl (C=O) groups is 1. The van der Waals surface area contributed by atoms with Crippen LogP contribution in [0.4, 0.5) is 24.5 Å². The lowest BCUT2D eigenvalue weighted by Crippen LogP contribution is -2.46. The van der Waals surface area contributed by atoms with Crippen molar-refractivity contribution in [2.75, 3.05) is 68.7 Å². The monoisotopic (exact) mass is 556 g/mol. The second kappa shape index (κ2) is 13.6. The number of nitrogens with zero attached hydrogens (tertiary/aromatic N) is 4. The molecule has 0 bridgehead atoms. The summed E-state index contributed by atoms with van der Waals surface area (Å²) in [6.07, 6.45) is 2.21. The Balaban J connectivity index is 0.00000380. The van der Waals surface area contributed by atoms with Crippen molar-refractivity contribution in [3.8, 4) is 0 Å². The van der Waals surface area contributed by atoms with Gasteiger partial charge in [0, 0.05) is 69.4 Å². The van der Waals surface area contributed by atoms with Gasteiger partial charge in [0.2, 0.25) is 5.91 Å². The van der Waals surface area contributed by atoms with Gasteiger partial charge in [-0.2, -0.15) is 13.2 Å². The molecule has 0 atom stereocenters. The first-order valence-electron chi connectivity index (χ1n) is 12.4. The van der Waals surface area contributed by atoms with E-state index in [-0.39, 0.29) is 30.0 Å². The quantitative estimate of drug-likeness (QED) is 0.377. The number of rotatable bonds is 7. The molecule has 204 valence electrons. The summed E-state index contributed by atoms with van der Waals surface area (Å²) in [4.78, 5) is 21.8. The Kier molecular flexibility index (Phi) is 10.8. The van der Waals surface area contributed by atoms with Gasteiger partial charge in [-0.05, 0) is 67.5 Å². The second-order valence-electron chi connectivity index (χ2n) is 9.15. The van der Waals surface area contributed by atoms with E-state index in [1.54, 1.807) is 12.1 Å². The molecule has 0 radical (unpaired) electrons. The largest absolute Gasteiger partial charge is 0.446 e. The number of thioether (sulfide) groups is 1. The van der Waals surface area contributed by atoms with E-state index in [4.69, 9.17) is 11.6 Å². The molecule has 0 aromatic heterocycles. The zero-order valence-electron chi connectivity index (χ0n) is 20.2. The Morgan fingerprint density at radius 2 is 1.54 bits per heavy atom. The Hall–Kier alpha value is -2.10. The molecule has 0 N–H and O–H groups in total. The maximum atomic E-state index is 12.8. The minimum Gasteiger partial charge on any atom is -0.370 e. The van der Waals surface area contributed by atoms with Crippen LogP contribution in [0.15, 0.2) is 53.4 Å². The van der Waals surface area contributed by atoms with Crippen LogP contribution in [-0.2, 0) is 4.79 Å². The number of halogens is 4. The molecule has 1 amide bonds. The fraction of sp³-hybridized carbons (Fsp3) is 0.519. The van der Waals surface area contributed by atoms with Crippen LogP contribution in [0, 0.1) is 0 Å². The molecule has 2 heterocycles. The molecule has 0 aliphatic carbocycles. The van der Waals surface area contributed by atoms with Crippen molar-refractivity contribution < 1.29 is 18.0 Å². The molecule has 2 aliphatic rings. The van der Waals surface area contributed by atoms with Crippen LogP contribution in [0.25, 0.3) is 0 Å². The third-order valence-electron chi connectivity index (χ3n) is 6.71. The fourth-order valence-corrected chi connectivity index (χ4v) is 5.61. The average Bonchev–Trinajstić information content (AvgIpc) is 3.11. The van der Waals surface area contributed by atoms with Crippen LogP contribution in [0.1, 0.15) is 26.7 Å². The SMILES string of the molecule is C.O=C(CCCN1CCN(c2ccccc2Cl)CC1)N1CCCN(c2ccc(SC(F)(F)F)cc2)CC1. The van der Waals surface area contributed by atoms with E-state index in [9.17, 15) is 18.0 Å². The summed E-state index contributed by atoms with van der Waals surface area (Å²) in [7, 11) is 0. The first-order valence-corrected chi connectivity index (χ1v) is 13.6. The highest BCUT2D eigenvalue weighted by Gasteiger charge is 2.29. The van der Waals surface area contributed by atoms with Crippen molar-refractivity contribution in [2.24, 2.45) is 0 Å². The van der Waals surface area contributed by atoms with Gasteiger partial charge < -0.3 is 14.7 Å². The first-order chi connectivity index (χ1) is 17.3. The number of hydrogen-bond acceptors (Lipinski definition) is 5. The maximum Gasteiger partial charge on any atom is 0.446 e. The molecule has 37 heavy (non-hydrogen) atoms. The van der Waals surface area contributed by atoms with Gasteiger partial charge in [0.25, 0.3) is 0 Å². The molecule has 2 aromatic carbocycles. The summed E-state index contributed by atoms with van der Waals surface area (Å²) in [5.41, 5.74) is -2.30. The molecule has 2 aliphatic heterocycles. The molecule has 0 unspecified atom stereocenters. The van der Waals surface area contributed by atoms with E-state index < -0.39 is 5.51 Å². The lowest BCUT2D eigenvalue weighted by molar-refractivity contribution is -0.131. The number of para-hydroxylation sites is 1. The molecule has 2 aromatic rings. The summed E-state index contributed by atoms with van der Waals surface area (Å²) in [6, 6.07) is 14.4. The topological polar surface area (TPSA) is 30.0 Å². The highest BCUT2D eigenvalue weighted by Crippen LogP contribution is 2.37. The number of alkyl halides is 3. The van der Waals surface area contributed by atoms with Crippen molar-refractivity contribution in [2.45, 2.75) is 37.1 Å². The minimum atomic E-state index is -4.28. The normalized spacial score (nSPS) is 17.4. The van der Waals surface area contributed by atoms with Crippen LogP contribution in [-0.4, -0.2) is 80.1 Å². The third kappa shape index (κ3) is 8.72. The molecule has 4 rings (SSSR count). The van der Waals surface area contributed by atoms with E-state index in [1.165, 1.54) is 12.1 Å². The first kappa shape index (κ1) is 29.5. The molecule has 10 heteroatoms. The molecule has 2 fully saturated rings. The van der Waals surface area contributed by atoms with Gasteiger partial charge in [0.05, 0.1) is 10.7 Å². The summed E-state index contributed by atoms with van der Waals surface area (Å²) in [5, 5.41) is 0.782. The summed E-state index contributed by atoms with van der Waals surface area (Å²) in [6.45, 7) is 7.49. The predicted octanol–water partition coefficient (Wildman–Crippen LogP) is 6.23. The zero-order valence-corrected chi connectivity index (χ0v) is 21.8. The standard InChI is InChI=1S/C26H32ClF3N4OS.CH4/c27-23-5-1-2-6-24(23)33-17-15-31(16-18-33)12-3-7-25(35)34-14-4-13-32(19-20-34)21-8-10-22(11-9-21)36-26(28,29)30;/h1-2,5-6,8-11H,3-4,7,12-20H2;1H4. The molecule has 2 saturated heterocycles. The van der Waals surface area contributed by atoms with Gasteiger partial charge in [0.1, 0.15) is 0 Å². The van der Waals surface area contributed by atoms with Crippen molar-refractivity contribution in [3.63, 3.8) is 0 Å². The van der Waals surface area contributed by atoms with E-state index >= 15 is 0 Å². The van der Waals surface area contributed by atoms with E-state index in [0.29, 0.717) is 26.1 Å². The van der Waals surface area contributed by atoms with Crippen LogP contribution >= 0.6 is 23.4 Å². The molecular weight excluding hydrogens is 521 g/mol. The molecule has 5 nitrogen and oxygen atoms in total. The van der Waals surface area contributed by atoms with Crippen molar-refractivity contribution >= 4 is 40.6 Å². The lowest BCUT2D eigenvalue weighted by Gasteiger charge is -2.36. The number of benzene rings is 2. The van der Waals surface area contributed by atoms with Crippen LogP contribution in [0.3, 0.4) is 0 Å². The van der Waals surface area contributed by atoms with E-state index in [2.05, 4.69) is 20.8 Å². The van der Waals surface area contributed by atoms with Gasteiger partial charge in [0.15, 0.2) is 0 Å². The van der Waals surface area contributed by atoms with E-state index in [0.717, 1.165) is 68.5 Å². The Morgan fingerprint density at radius 3 is 2.22 bits per heavy atom. The van der Waals surface area contributed by atoms with Crippen LogP contribution < -0.4 is 9.80 Å². The summed E-state index contributed by atoms with van der Waals surface area (Å²) < 4.78 is 37.7. The lowest BCUT2D eigenvalue weighted by atomic mass is 10.2. The number of hydrogen-bond donors (Lipinski definition) is 0. The van der Waals surface area contributed by atoms with Crippen molar-refractivity contribution in [3.05, 3.63) is 53.6 Å². The maximum absolute atomic E-state index is 12.8. The highest BCUT2D eigenvalue weighted by molar-refractivity contribution is 8.00. The van der Waals surface area contributed by atoms with Gasteiger partial charge in [-0.25, -0.2) is 0 Å². The van der Waals surface area contributed by atoms with Crippen LogP contribution in [0.5, 0.6) is 0 Å². The van der Waals surface area contributed by atoms with Crippen LogP contribution in [0.2, 0.25) is 5.02 Å². The summed E-state index contributed by atoms with van der Waals surface area (Å²) in [5.74, 6) is 0.184. The van der Waals surface area contributed by atoms with Gasteiger partial charge >= 0.3 is 5.51 Å². The number of piperazine rings is 1. The number of amides is 1. The average molecular weight is 557 g/mol. The van der Waals surface area contributed by atoms with Gasteiger partial charge in [-0.3, -0.25) is 9.69 Å². The molecule has 0 spiro atoms. The predicted molar refractivity (Wildman–Crippen MR) is 148 cm³/mol. The third-order valence-corrected chi connectivity index (χ3v) is 7.77. The second-order valence-corrected chi connectivity index (χ2v) is 10.7. The van der Waals surface area contributed by atoms with Crippen molar-refractivity contribution in [1.82, 2.24) is 9.80 Å². The van der Waals surface area contributed by atoms with Gasteiger partial charge in [-0.1, -0.05) is 31.2 Å². The zero-order chi connectivity index (χ0) is 25.5. The minimum absolute atomic E-state index is 0. The van der Waals surface area contributed by atoms with Gasteiger partial charge in [-0.15, -0.1) is 0 Å². The molecule has 0 saturated carbocycles. The smallest absolute Gasteiger partial charge is 0.370 e.